The summed E-state index contributed by atoms with van der Waals surface area (Å²) in [6.45, 7) is 4.87. The van der Waals surface area contributed by atoms with Crippen molar-refractivity contribution in [2.45, 2.75) is 26.7 Å². The van der Waals surface area contributed by atoms with Crippen LogP contribution in [-0.2, 0) is 4.74 Å². The van der Waals surface area contributed by atoms with Crippen LogP contribution in [0.15, 0.2) is 42.6 Å². The number of benzene rings is 1. The van der Waals surface area contributed by atoms with Gasteiger partial charge in [0.15, 0.2) is 0 Å². The molecule has 0 spiro atoms. The van der Waals surface area contributed by atoms with Gasteiger partial charge in [-0.3, -0.25) is 4.79 Å². The smallest absolute Gasteiger partial charge is 0.338 e. The third-order valence-corrected chi connectivity index (χ3v) is 3.51. The summed E-state index contributed by atoms with van der Waals surface area (Å²) in [6, 6.07) is 10.4. The molecule has 0 atom stereocenters. The van der Waals surface area contributed by atoms with Gasteiger partial charge in [0.25, 0.3) is 5.91 Å². The van der Waals surface area contributed by atoms with Crippen molar-refractivity contribution in [3.05, 3.63) is 53.7 Å². The molecule has 0 aliphatic carbocycles. The molecule has 1 amide bonds. The normalized spacial score (nSPS) is 10.2. The fourth-order valence-electron chi connectivity index (χ4n) is 2.13. The Hall–Kier alpha value is -2.89. The van der Waals surface area contributed by atoms with E-state index in [2.05, 4.69) is 22.5 Å². The van der Waals surface area contributed by atoms with Crippen molar-refractivity contribution in [1.82, 2.24) is 10.3 Å². The lowest BCUT2D eigenvalue weighted by Crippen LogP contribution is -2.24. The first-order chi connectivity index (χ1) is 12.1. The Kier molecular flexibility index (Phi) is 6.95. The summed E-state index contributed by atoms with van der Waals surface area (Å²) in [7, 11) is 0. The molecule has 0 saturated heterocycles. The topological polar surface area (TPSA) is 80.3 Å². The number of carbonyl (C=O) groups excluding carboxylic acids is 2. The molecule has 1 aromatic heterocycles. The van der Waals surface area contributed by atoms with Gasteiger partial charge in [0.05, 0.1) is 17.7 Å². The number of anilines is 2. The SMILES string of the molecule is CCCCNC(=O)c1ccc(Nc2ccc(C(=O)OCC)cc2)nc1. The van der Waals surface area contributed by atoms with E-state index in [-0.39, 0.29) is 11.9 Å². The number of nitrogens with one attached hydrogen (secondary N) is 2. The highest BCUT2D eigenvalue weighted by Gasteiger charge is 2.07. The molecule has 6 heteroatoms. The van der Waals surface area contributed by atoms with Gasteiger partial charge in [-0.25, -0.2) is 9.78 Å². The summed E-state index contributed by atoms with van der Waals surface area (Å²) in [5.41, 5.74) is 1.82. The molecule has 1 aromatic carbocycles. The van der Waals surface area contributed by atoms with Gasteiger partial charge in [-0.2, -0.15) is 0 Å². The van der Waals surface area contributed by atoms with E-state index in [0.717, 1.165) is 18.5 Å². The number of amides is 1. The minimum absolute atomic E-state index is 0.119. The van der Waals surface area contributed by atoms with Crippen molar-refractivity contribution >= 4 is 23.4 Å². The first kappa shape index (κ1) is 18.4. The average molecular weight is 341 g/mol. The molecule has 0 saturated carbocycles. The number of rotatable bonds is 8. The first-order valence-electron chi connectivity index (χ1n) is 8.42. The quantitative estimate of drug-likeness (QED) is 0.567. The standard InChI is InChI=1S/C19H23N3O3/c1-3-5-12-20-18(23)15-8-11-17(21-13-15)22-16-9-6-14(7-10-16)19(24)25-4-2/h6-11,13H,3-5,12H2,1-2H3,(H,20,23)(H,21,22). The summed E-state index contributed by atoms with van der Waals surface area (Å²) < 4.78 is 4.95. The van der Waals surface area contributed by atoms with E-state index in [1.807, 2.05) is 0 Å². The van der Waals surface area contributed by atoms with Crippen molar-refractivity contribution in [2.24, 2.45) is 0 Å². The third-order valence-electron chi connectivity index (χ3n) is 3.51. The zero-order valence-corrected chi connectivity index (χ0v) is 14.5. The van der Waals surface area contributed by atoms with Gasteiger partial charge >= 0.3 is 5.97 Å². The van der Waals surface area contributed by atoms with E-state index in [4.69, 9.17) is 4.74 Å². The zero-order valence-electron chi connectivity index (χ0n) is 14.5. The highest BCUT2D eigenvalue weighted by molar-refractivity contribution is 5.94. The molecule has 0 aliphatic rings. The maximum absolute atomic E-state index is 11.9. The first-order valence-corrected chi connectivity index (χ1v) is 8.42. The number of aromatic nitrogens is 1. The van der Waals surface area contributed by atoms with Crippen molar-refractivity contribution in [3.8, 4) is 0 Å². The molecule has 0 unspecified atom stereocenters. The van der Waals surface area contributed by atoms with Crippen LogP contribution in [0.2, 0.25) is 0 Å². The van der Waals surface area contributed by atoms with E-state index in [0.29, 0.717) is 30.1 Å². The van der Waals surface area contributed by atoms with Crippen LogP contribution >= 0.6 is 0 Å². The zero-order chi connectivity index (χ0) is 18.1. The number of esters is 1. The van der Waals surface area contributed by atoms with Crippen LogP contribution in [0, 0.1) is 0 Å². The summed E-state index contributed by atoms with van der Waals surface area (Å²) >= 11 is 0. The van der Waals surface area contributed by atoms with E-state index in [1.54, 1.807) is 43.3 Å². The van der Waals surface area contributed by atoms with Crippen LogP contribution in [0.5, 0.6) is 0 Å². The number of hydrogen-bond donors (Lipinski definition) is 2. The number of hydrogen-bond acceptors (Lipinski definition) is 5. The van der Waals surface area contributed by atoms with Crippen molar-refractivity contribution in [2.75, 3.05) is 18.5 Å². The Labute approximate surface area is 147 Å². The minimum atomic E-state index is -0.342. The molecule has 2 rings (SSSR count). The second-order valence-electron chi connectivity index (χ2n) is 5.46. The molecular formula is C19H23N3O3. The lowest BCUT2D eigenvalue weighted by atomic mass is 10.2. The van der Waals surface area contributed by atoms with Crippen molar-refractivity contribution in [1.29, 1.82) is 0 Å². The molecule has 0 bridgehead atoms. The van der Waals surface area contributed by atoms with Gasteiger partial charge < -0.3 is 15.4 Å². The summed E-state index contributed by atoms with van der Waals surface area (Å²) in [5.74, 6) is 0.158. The van der Waals surface area contributed by atoms with Crippen molar-refractivity contribution < 1.29 is 14.3 Å². The lowest BCUT2D eigenvalue weighted by Gasteiger charge is -2.08. The molecule has 2 aromatic rings. The van der Waals surface area contributed by atoms with Gasteiger partial charge in [0.1, 0.15) is 5.82 Å². The summed E-state index contributed by atoms with van der Waals surface area (Å²) in [6.07, 6.45) is 3.54. The second-order valence-corrected chi connectivity index (χ2v) is 5.46. The monoisotopic (exact) mass is 341 g/mol. The number of carbonyl (C=O) groups is 2. The Morgan fingerprint density at radius 1 is 1.04 bits per heavy atom. The Balaban J connectivity index is 1.94. The number of unbranched alkanes of at least 4 members (excludes halogenated alkanes) is 1. The molecule has 0 radical (unpaired) electrons. The lowest BCUT2D eigenvalue weighted by molar-refractivity contribution is 0.0526. The molecular weight excluding hydrogens is 318 g/mol. The summed E-state index contributed by atoms with van der Waals surface area (Å²) in [5, 5.41) is 5.98. The van der Waals surface area contributed by atoms with Gasteiger partial charge in [0.2, 0.25) is 0 Å². The van der Waals surface area contributed by atoms with Crippen LogP contribution in [0.3, 0.4) is 0 Å². The minimum Gasteiger partial charge on any atom is -0.462 e. The Morgan fingerprint density at radius 3 is 2.36 bits per heavy atom. The summed E-state index contributed by atoms with van der Waals surface area (Å²) in [4.78, 5) is 27.8. The fraction of sp³-hybridized carbons (Fsp3) is 0.316. The maximum Gasteiger partial charge on any atom is 0.338 e. The highest BCUT2D eigenvalue weighted by atomic mass is 16.5. The van der Waals surface area contributed by atoms with Crippen LogP contribution < -0.4 is 10.6 Å². The predicted octanol–water partition coefficient (Wildman–Crippen LogP) is 3.53. The van der Waals surface area contributed by atoms with E-state index < -0.39 is 0 Å². The second kappa shape index (κ2) is 9.42. The van der Waals surface area contributed by atoms with Crippen LogP contribution in [-0.4, -0.2) is 30.0 Å². The molecule has 132 valence electrons. The van der Waals surface area contributed by atoms with E-state index in [9.17, 15) is 9.59 Å². The predicted molar refractivity (Wildman–Crippen MR) is 97.2 cm³/mol. The molecule has 6 nitrogen and oxygen atoms in total. The third kappa shape index (κ3) is 5.60. The van der Waals surface area contributed by atoms with Crippen LogP contribution in [0.25, 0.3) is 0 Å². The maximum atomic E-state index is 11.9. The van der Waals surface area contributed by atoms with Gasteiger partial charge in [-0.05, 0) is 49.7 Å². The number of pyridine rings is 1. The fourth-order valence-corrected chi connectivity index (χ4v) is 2.13. The molecule has 25 heavy (non-hydrogen) atoms. The average Bonchev–Trinajstić information content (AvgIpc) is 2.63. The number of nitrogens with zero attached hydrogens (tertiary/aromatic N) is 1. The highest BCUT2D eigenvalue weighted by Crippen LogP contribution is 2.16. The molecule has 1 heterocycles. The van der Waals surface area contributed by atoms with Gasteiger partial charge in [-0.15, -0.1) is 0 Å². The Bertz CT molecular complexity index is 697. The largest absolute Gasteiger partial charge is 0.462 e. The Morgan fingerprint density at radius 2 is 1.76 bits per heavy atom. The van der Waals surface area contributed by atoms with Crippen LogP contribution in [0.4, 0.5) is 11.5 Å². The van der Waals surface area contributed by atoms with Crippen LogP contribution in [0.1, 0.15) is 47.4 Å². The van der Waals surface area contributed by atoms with Crippen molar-refractivity contribution in [3.63, 3.8) is 0 Å². The molecule has 0 fully saturated rings. The van der Waals surface area contributed by atoms with E-state index >= 15 is 0 Å². The number of ether oxygens (including phenoxy) is 1. The van der Waals surface area contributed by atoms with Gasteiger partial charge in [-0.1, -0.05) is 13.3 Å². The van der Waals surface area contributed by atoms with Gasteiger partial charge in [0, 0.05) is 18.4 Å². The molecule has 2 N–H and O–H groups in total. The molecule has 0 aliphatic heterocycles. The van der Waals surface area contributed by atoms with E-state index in [1.165, 1.54) is 6.20 Å².